The van der Waals surface area contributed by atoms with Crippen molar-refractivity contribution < 1.29 is 27.5 Å². The van der Waals surface area contributed by atoms with Crippen LogP contribution < -0.4 is 5.73 Å². The highest BCUT2D eigenvalue weighted by Crippen LogP contribution is 2.36. The smallest absolute Gasteiger partial charge is 0.476 e. The van der Waals surface area contributed by atoms with E-state index in [0.29, 0.717) is 0 Å². The lowest BCUT2D eigenvalue weighted by Gasteiger charge is -2.08. The summed E-state index contributed by atoms with van der Waals surface area (Å²) in [6.07, 6.45) is -5.00. The second-order valence-electron chi connectivity index (χ2n) is 3.77. The van der Waals surface area contributed by atoms with E-state index in [-0.39, 0.29) is 5.56 Å². The number of nitrogens with zero attached hydrogens (tertiary/aromatic N) is 2. The molecule has 0 aliphatic rings. The highest BCUT2D eigenvalue weighted by atomic mass is 19.4. The first-order valence-corrected chi connectivity index (χ1v) is 5.17. The maximum atomic E-state index is 13.6. The van der Waals surface area contributed by atoms with E-state index >= 15 is 0 Å². The number of carboxylic acid groups (broad SMARTS) is 1. The van der Waals surface area contributed by atoms with Crippen molar-refractivity contribution in [2.45, 2.75) is 6.30 Å². The number of alkyl halides is 3. The van der Waals surface area contributed by atoms with Crippen molar-refractivity contribution >= 4 is 11.8 Å². The average molecular weight is 289 g/mol. The van der Waals surface area contributed by atoms with Crippen molar-refractivity contribution in [1.29, 1.82) is 0 Å². The van der Waals surface area contributed by atoms with Crippen molar-refractivity contribution in [3.63, 3.8) is 0 Å². The molecule has 0 unspecified atom stereocenters. The molecule has 20 heavy (non-hydrogen) atoms. The maximum Gasteiger partial charge on any atom is 0.506 e. The van der Waals surface area contributed by atoms with Crippen molar-refractivity contribution in [3.8, 4) is 11.1 Å². The molecule has 3 N–H and O–H groups in total. The van der Waals surface area contributed by atoms with Crippen LogP contribution in [0.3, 0.4) is 0 Å². The molecular weight excluding hydrogens is 282 g/mol. The predicted molar refractivity (Wildman–Crippen MR) is 60.3 cm³/mol. The van der Waals surface area contributed by atoms with Crippen LogP contribution in [0.2, 0.25) is 0 Å². The molecule has 0 saturated heterocycles. The third-order valence-electron chi connectivity index (χ3n) is 2.51. The van der Waals surface area contributed by atoms with E-state index in [1.165, 1.54) is 12.1 Å². The lowest BCUT2D eigenvalue weighted by molar-refractivity contribution is -0.210. The van der Waals surface area contributed by atoms with Gasteiger partial charge in [-0.2, -0.15) is 9.78 Å². The summed E-state index contributed by atoms with van der Waals surface area (Å²) in [5.41, 5.74) is 3.34. The highest BCUT2D eigenvalue weighted by Gasteiger charge is 2.38. The third kappa shape index (κ3) is 2.17. The normalized spacial score (nSPS) is 11.6. The number of nitrogen functional groups attached to an aromatic ring is 1. The Labute approximate surface area is 109 Å². The number of rotatable bonds is 2. The molecule has 106 valence electrons. The Balaban J connectivity index is 2.79. The van der Waals surface area contributed by atoms with Crippen molar-refractivity contribution in [3.05, 3.63) is 35.8 Å². The zero-order valence-electron chi connectivity index (χ0n) is 9.65. The van der Waals surface area contributed by atoms with Crippen LogP contribution in [0.5, 0.6) is 0 Å². The Kier molecular flexibility index (Phi) is 3.12. The van der Waals surface area contributed by atoms with Crippen LogP contribution in [0.1, 0.15) is 10.5 Å². The number of carboxylic acids is 1. The van der Waals surface area contributed by atoms with Crippen LogP contribution in [-0.2, 0) is 6.30 Å². The van der Waals surface area contributed by atoms with E-state index in [0.717, 1.165) is 12.1 Å². The highest BCUT2D eigenvalue weighted by molar-refractivity contribution is 5.97. The summed E-state index contributed by atoms with van der Waals surface area (Å²) in [5.74, 6) is -3.62. The van der Waals surface area contributed by atoms with Crippen molar-refractivity contribution in [1.82, 2.24) is 9.78 Å². The Morgan fingerprint density at radius 2 is 1.90 bits per heavy atom. The Morgan fingerprint density at radius 1 is 1.30 bits per heavy atom. The number of anilines is 1. The first-order chi connectivity index (χ1) is 9.23. The standard InChI is InChI=1S/C11H7F4N3O2/c12-6-4-2-1-3-5(6)7-8(10(19)20)17-18(9(7)16)11(13,14)15/h1-4H,16H2,(H,19,20). The van der Waals surface area contributed by atoms with Gasteiger partial charge >= 0.3 is 12.3 Å². The fourth-order valence-electron chi connectivity index (χ4n) is 1.70. The van der Waals surface area contributed by atoms with E-state index < -0.39 is 39.8 Å². The zero-order chi connectivity index (χ0) is 15.1. The number of hydrogen-bond donors (Lipinski definition) is 2. The molecule has 2 aromatic rings. The summed E-state index contributed by atoms with van der Waals surface area (Å²) in [7, 11) is 0. The molecule has 0 fully saturated rings. The minimum Gasteiger partial charge on any atom is -0.476 e. The molecule has 0 spiro atoms. The second kappa shape index (κ2) is 4.51. The van der Waals surface area contributed by atoms with Crippen LogP contribution in [0.15, 0.2) is 24.3 Å². The molecule has 0 amide bonds. The molecule has 0 bridgehead atoms. The van der Waals surface area contributed by atoms with E-state index in [9.17, 15) is 22.4 Å². The number of aromatic nitrogens is 2. The van der Waals surface area contributed by atoms with E-state index in [1.807, 2.05) is 0 Å². The van der Waals surface area contributed by atoms with Crippen LogP contribution in [0, 0.1) is 5.82 Å². The first kappa shape index (κ1) is 13.8. The van der Waals surface area contributed by atoms with Gasteiger partial charge in [-0.25, -0.2) is 9.18 Å². The molecule has 2 rings (SSSR count). The third-order valence-corrected chi connectivity index (χ3v) is 2.51. The van der Waals surface area contributed by atoms with Crippen LogP contribution in [0.4, 0.5) is 23.4 Å². The van der Waals surface area contributed by atoms with Gasteiger partial charge in [-0.1, -0.05) is 18.2 Å². The largest absolute Gasteiger partial charge is 0.506 e. The van der Waals surface area contributed by atoms with E-state index in [2.05, 4.69) is 5.10 Å². The van der Waals surface area contributed by atoms with Crippen LogP contribution in [0.25, 0.3) is 11.1 Å². The minimum atomic E-state index is -5.00. The summed E-state index contributed by atoms with van der Waals surface area (Å²) >= 11 is 0. The van der Waals surface area contributed by atoms with Gasteiger partial charge < -0.3 is 10.8 Å². The number of carbonyl (C=O) groups is 1. The van der Waals surface area contributed by atoms with Gasteiger partial charge in [0.25, 0.3) is 0 Å². The number of hydrogen-bond acceptors (Lipinski definition) is 3. The van der Waals surface area contributed by atoms with Gasteiger partial charge in [-0.3, -0.25) is 0 Å². The average Bonchev–Trinajstić information content (AvgIpc) is 2.67. The van der Waals surface area contributed by atoms with Gasteiger partial charge in [0.2, 0.25) is 0 Å². The summed E-state index contributed by atoms with van der Waals surface area (Å²) in [5, 5.41) is 11.8. The number of halogens is 4. The fraction of sp³-hybridized carbons (Fsp3) is 0.0909. The molecule has 9 heteroatoms. The summed E-state index contributed by atoms with van der Waals surface area (Å²) in [6, 6.07) is 4.75. The molecule has 0 aliphatic heterocycles. The molecular formula is C11H7F4N3O2. The van der Waals surface area contributed by atoms with Crippen molar-refractivity contribution in [2.24, 2.45) is 0 Å². The Bertz CT molecular complexity index is 679. The fourth-order valence-corrected chi connectivity index (χ4v) is 1.70. The Hall–Kier alpha value is -2.58. The molecule has 1 aromatic carbocycles. The summed E-state index contributed by atoms with van der Waals surface area (Å²) in [6.45, 7) is 0. The quantitative estimate of drug-likeness (QED) is 0.832. The van der Waals surface area contributed by atoms with Gasteiger partial charge in [-0.15, -0.1) is 13.2 Å². The van der Waals surface area contributed by atoms with Gasteiger partial charge in [0.05, 0.1) is 5.56 Å². The topological polar surface area (TPSA) is 81.1 Å². The second-order valence-corrected chi connectivity index (χ2v) is 3.77. The molecule has 0 aliphatic carbocycles. The summed E-state index contributed by atoms with van der Waals surface area (Å²) in [4.78, 5) is 11.0. The lowest BCUT2D eigenvalue weighted by atomic mass is 10.0. The Morgan fingerprint density at radius 3 is 2.40 bits per heavy atom. The number of benzene rings is 1. The van der Waals surface area contributed by atoms with Gasteiger partial charge in [0, 0.05) is 5.56 Å². The zero-order valence-corrected chi connectivity index (χ0v) is 9.65. The molecule has 0 atom stereocenters. The molecule has 5 nitrogen and oxygen atoms in total. The lowest BCUT2D eigenvalue weighted by Crippen LogP contribution is -2.20. The van der Waals surface area contributed by atoms with Gasteiger partial charge in [0.1, 0.15) is 11.6 Å². The number of nitrogens with two attached hydrogens (primary N) is 1. The van der Waals surface area contributed by atoms with Gasteiger partial charge in [0.15, 0.2) is 5.69 Å². The molecule has 0 radical (unpaired) electrons. The molecule has 1 heterocycles. The maximum absolute atomic E-state index is 13.6. The van der Waals surface area contributed by atoms with Crippen LogP contribution in [-0.4, -0.2) is 20.9 Å². The van der Waals surface area contributed by atoms with Crippen LogP contribution >= 0.6 is 0 Å². The van der Waals surface area contributed by atoms with Gasteiger partial charge in [-0.05, 0) is 6.07 Å². The number of aromatic carboxylic acids is 1. The minimum absolute atomic E-state index is 0.363. The first-order valence-electron chi connectivity index (χ1n) is 5.17. The summed E-state index contributed by atoms with van der Waals surface area (Å²) < 4.78 is 51.0. The molecule has 0 saturated carbocycles. The van der Waals surface area contributed by atoms with Crippen molar-refractivity contribution in [2.75, 3.05) is 5.73 Å². The van der Waals surface area contributed by atoms with E-state index in [4.69, 9.17) is 10.8 Å². The van der Waals surface area contributed by atoms with E-state index in [1.54, 1.807) is 0 Å². The monoisotopic (exact) mass is 289 g/mol. The SMILES string of the molecule is Nc1c(-c2ccccc2F)c(C(=O)O)nn1C(F)(F)F. The predicted octanol–water partition coefficient (Wildman–Crippen LogP) is 2.45. The molecule has 1 aromatic heterocycles.